The molecule has 1 aliphatic carbocycles. The van der Waals surface area contributed by atoms with E-state index < -0.39 is 0 Å². The van der Waals surface area contributed by atoms with Crippen molar-refractivity contribution in [3.8, 4) is 0 Å². The quantitative estimate of drug-likeness (QED) is 0.668. The molecule has 1 heteroatoms. The molecular weight excluding hydrogens is 252 g/mol. The minimum Gasteiger partial charge on any atom is -0.117 e. The Morgan fingerprint density at radius 1 is 0.895 bits per heavy atom. The summed E-state index contributed by atoms with van der Waals surface area (Å²) in [6.07, 6.45) is 3.74. The summed E-state index contributed by atoms with van der Waals surface area (Å²) in [5, 5.41) is 0.0494. The fraction of sp³-hybridized carbons (Fsp3) is 0.333. The summed E-state index contributed by atoms with van der Waals surface area (Å²) in [7, 11) is 0. The van der Waals surface area contributed by atoms with Gasteiger partial charge in [-0.25, -0.2) is 0 Å². The predicted octanol–water partition coefficient (Wildman–Crippen LogP) is 5.26. The van der Waals surface area contributed by atoms with Crippen LogP contribution >= 0.6 is 11.6 Å². The van der Waals surface area contributed by atoms with Crippen LogP contribution in [0.2, 0.25) is 0 Å². The number of aryl methyl sites for hydroxylation is 2. The molecule has 2 atom stereocenters. The largest absolute Gasteiger partial charge is 0.117 e. The van der Waals surface area contributed by atoms with E-state index >= 15 is 0 Å². The van der Waals surface area contributed by atoms with Crippen LogP contribution < -0.4 is 0 Å². The molecule has 19 heavy (non-hydrogen) atoms. The molecule has 3 rings (SSSR count). The zero-order valence-corrected chi connectivity index (χ0v) is 12.0. The lowest BCUT2D eigenvalue weighted by Gasteiger charge is -2.19. The third-order valence-corrected chi connectivity index (χ3v) is 4.84. The molecule has 0 saturated carbocycles. The van der Waals surface area contributed by atoms with Crippen molar-refractivity contribution in [1.82, 2.24) is 0 Å². The second kappa shape index (κ2) is 5.38. The minimum atomic E-state index is 0.0494. The van der Waals surface area contributed by atoms with Crippen molar-refractivity contribution in [2.45, 2.75) is 37.5 Å². The predicted molar refractivity (Wildman–Crippen MR) is 81.9 cm³/mol. The molecule has 0 heterocycles. The van der Waals surface area contributed by atoms with Crippen molar-refractivity contribution in [3.63, 3.8) is 0 Å². The lowest BCUT2D eigenvalue weighted by molar-refractivity contribution is 0.731. The van der Waals surface area contributed by atoms with Gasteiger partial charge < -0.3 is 0 Å². The summed E-state index contributed by atoms with van der Waals surface area (Å²) in [6, 6.07) is 17.3. The number of rotatable bonds is 3. The van der Waals surface area contributed by atoms with Crippen LogP contribution in [0.25, 0.3) is 0 Å². The monoisotopic (exact) mass is 270 g/mol. The van der Waals surface area contributed by atoms with Gasteiger partial charge in [0.05, 0.1) is 5.38 Å². The molecule has 0 N–H and O–H groups in total. The van der Waals surface area contributed by atoms with Crippen LogP contribution in [0.4, 0.5) is 0 Å². The highest BCUT2D eigenvalue weighted by Gasteiger charge is 2.20. The molecule has 0 bridgehead atoms. The van der Waals surface area contributed by atoms with Crippen LogP contribution in [-0.4, -0.2) is 0 Å². The number of hydrogen-bond acceptors (Lipinski definition) is 0. The summed E-state index contributed by atoms with van der Waals surface area (Å²) < 4.78 is 0. The van der Waals surface area contributed by atoms with E-state index in [-0.39, 0.29) is 5.38 Å². The van der Waals surface area contributed by atoms with E-state index in [9.17, 15) is 0 Å². The molecule has 2 aromatic rings. The summed E-state index contributed by atoms with van der Waals surface area (Å²) in [6.45, 7) is 2.21. The van der Waals surface area contributed by atoms with Crippen LogP contribution in [-0.2, 0) is 12.8 Å². The standard InChI is InChI=1S/C18H19Cl/c1-13(14-6-3-2-4-7-14)18(19)17-11-10-15-8-5-9-16(15)12-17/h2-4,6-7,10-13,18H,5,8-9H2,1H3. The maximum absolute atomic E-state index is 6.69. The second-order valence-corrected chi connectivity index (χ2v) is 5.95. The first-order valence-corrected chi connectivity index (χ1v) is 7.50. The van der Waals surface area contributed by atoms with E-state index in [1.807, 2.05) is 0 Å². The highest BCUT2D eigenvalue weighted by Crippen LogP contribution is 2.37. The van der Waals surface area contributed by atoms with Crippen molar-refractivity contribution >= 4 is 11.6 Å². The lowest BCUT2D eigenvalue weighted by Crippen LogP contribution is -2.03. The Hall–Kier alpha value is -1.27. The number of benzene rings is 2. The first kappa shape index (κ1) is 12.7. The average Bonchev–Trinajstić information content (AvgIpc) is 2.94. The topological polar surface area (TPSA) is 0 Å². The third-order valence-electron chi connectivity index (χ3n) is 4.21. The Bertz CT molecular complexity index is 559. The molecule has 0 fully saturated rings. The molecule has 0 aromatic heterocycles. The molecule has 0 radical (unpaired) electrons. The molecule has 0 spiro atoms. The van der Waals surface area contributed by atoms with Gasteiger partial charge in [-0.15, -0.1) is 11.6 Å². The van der Waals surface area contributed by atoms with Gasteiger partial charge in [0.2, 0.25) is 0 Å². The van der Waals surface area contributed by atoms with E-state index in [2.05, 4.69) is 55.5 Å². The van der Waals surface area contributed by atoms with Crippen molar-refractivity contribution in [3.05, 3.63) is 70.8 Å². The Balaban J connectivity index is 1.86. The zero-order chi connectivity index (χ0) is 13.2. The molecule has 0 amide bonds. The van der Waals surface area contributed by atoms with Gasteiger partial charge in [0.1, 0.15) is 0 Å². The van der Waals surface area contributed by atoms with Crippen LogP contribution in [0.1, 0.15) is 46.9 Å². The van der Waals surface area contributed by atoms with Gasteiger partial charge in [0.15, 0.2) is 0 Å². The van der Waals surface area contributed by atoms with E-state index in [0.29, 0.717) is 5.92 Å². The molecule has 1 aliphatic rings. The van der Waals surface area contributed by atoms with Crippen molar-refractivity contribution in [2.24, 2.45) is 0 Å². The van der Waals surface area contributed by atoms with Gasteiger partial charge in [0.25, 0.3) is 0 Å². The van der Waals surface area contributed by atoms with Gasteiger partial charge in [-0.2, -0.15) is 0 Å². The van der Waals surface area contributed by atoms with E-state index in [1.165, 1.54) is 41.5 Å². The summed E-state index contributed by atoms with van der Waals surface area (Å²) in [5.74, 6) is 0.335. The molecule has 0 nitrogen and oxygen atoms in total. The van der Waals surface area contributed by atoms with Gasteiger partial charge in [0, 0.05) is 5.92 Å². The third kappa shape index (κ3) is 2.55. The Morgan fingerprint density at radius 2 is 1.63 bits per heavy atom. The number of halogens is 1. The summed E-state index contributed by atoms with van der Waals surface area (Å²) >= 11 is 6.69. The molecule has 2 aromatic carbocycles. The highest BCUT2D eigenvalue weighted by molar-refractivity contribution is 6.21. The maximum atomic E-state index is 6.69. The van der Waals surface area contributed by atoms with Crippen LogP contribution in [0.3, 0.4) is 0 Å². The van der Waals surface area contributed by atoms with Gasteiger partial charge in [-0.3, -0.25) is 0 Å². The smallest absolute Gasteiger partial charge is 0.0651 e. The van der Waals surface area contributed by atoms with Crippen molar-refractivity contribution in [2.75, 3.05) is 0 Å². The molecule has 2 unspecified atom stereocenters. The molecule has 0 aliphatic heterocycles. The second-order valence-electron chi connectivity index (χ2n) is 5.48. The number of hydrogen-bond donors (Lipinski definition) is 0. The summed E-state index contributed by atoms with van der Waals surface area (Å²) in [5.41, 5.74) is 5.59. The highest BCUT2D eigenvalue weighted by atomic mass is 35.5. The van der Waals surface area contributed by atoms with Gasteiger partial charge in [-0.05, 0) is 41.5 Å². The Morgan fingerprint density at radius 3 is 2.42 bits per heavy atom. The molecular formula is C18H19Cl. The fourth-order valence-corrected chi connectivity index (χ4v) is 3.26. The minimum absolute atomic E-state index is 0.0494. The van der Waals surface area contributed by atoms with Crippen molar-refractivity contribution in [1.29, 1.82) is 0 Å². The first-order valence-electron chi connectivity index (χ1n) is 7.06. The molecule has 98 valence electrons. The zero-order valence-electron chi connectivity index (χ0n) is 11.3. The summed E-state index contributed by atoms with van der Waals surface area (Å²) in [4.78, 5) is 0. The Labute approximate surface area is 120 Å². The fourth-order valence-electron chi connectivity index (χ4n) is 2.98. The number of alkyl halides is 1. The normalized spacial score (nSPS) is 16.9. The lowest BCUT2D eigenvalue weighted by atomic mass is 9.92. The SMILES string of the molecule is CC(c1ccccc1)C(Cl)c1ccc2c(c1)CCC2. The molecule has 0 saturated heterocycles. The Kier molecular flexibility index (Phi) is 3.61. The van der Waals surface area contributed by atoms with E-state index in [4.69, 9.17) is 11.6 Å². The van der Waals surface area contributed by atoms with E-state index in [0.717, 1.165) is 0 Å². The first-order chi connectivity index (χ1) is 9.25. The van der Waals surface area contributed by atoms with Crippen LogP contribution in [0, 0.1) is 0 Å². The van der Waals surface area contributed by atoms with Crippen molar-refractivity contribution < 1.29 is 0 Å². The van der Waals surface area contributed by atoms with E-state index in [1.54, 1.807) is 0 Å². The average molecular weight is 271 g/mol. The van der Waals surface area contributed by atoms with Crippen LogP contribution in [0.5, 0.6) is 0 Å². The van der Waals surface area contributed by atoms with Gasteiger partial charge >= 0.3 is 0 Å². The number of fused-ring (bicyclic) bond motifs is 1. The maximum Gasteiger partial charge on any atom is 0.0651 e. The van der Waals surface area contributed by atoms with Crippen LogP contribution in [0.15, 0.2) is 48.5 Å². The van der Waals surface area contributed by atoms with Gasteiger partial charge in [-0.1, -0.05) is 55.5 Å².